The van der Waals surface area contributed by atoms with Crippen LogP contribution < -0.4 is 16.6 Å². The number of hydrogen-bond donors (Lipinski definition) is 3. The van der Waals surface area contributed by atoms with Crippen LogP contribution in [0.1, 0.15) is 33.1 Å². The quantitative estimate of drug-likeness (QED) is 0.259. The molecule has 0 radical (unpaired) electrons. The first kappa shape index (κ1) is 10.3. The molecule has 1 fully saturated rings. The van der Waals surface area contributed by atoms with Crippen LogP contribution in [0.5, 0.6) is 0 Å². The molecule has 0 unspecified atom stereocenters. The zero-order valence-electron chi connectivity index (χ0n) is 8.56. The van der Waals surface area contributed by atoms with Crippen molar-refractivity contribution in [3.63, 3.8) is 0 Å². The van der Waals surface area contributed by atoms with Gasteiger partial charge >= 0.3 is 0 Å². The third-order valence-corrected chi connectivity index (χ3v) is 2.76. The predicted molar refractivity (Wildman–Crippen MR) is 55.3 cm³/mol. The van der Waals surface area contributed by atoms with Crippen LogP contribution in [0.4, 0.5) is 0 Å². The van der Waals surface area contributed by atoms with Crippen LogP contribution in [0.25, 0.3) is 0 Å². The Balaban J connectivity index is 2.35. The highest BCUT2D eigenvalue weighted by Gasteiger charge is 2.40. The molecule has 4 N–H and O–H groups in total. The molecule has 0 aromatic carbocycles. The van der Waals surface area contributed by atoms with E-state index in [9.17, 15) is 0 Å². The van der Waals surface area contributed by atoms with Gasteiger partial charge in [0.15, 0.2) is 0 Å². The molecule has 0 atom stereocenters. The maximum Gasteiger partial charge on any atom is 0.205 e. The lowest BCUT2D eigenvalue weighted by atomic mass is 10.1. The van der Waals surface area contributed by atoms with Gasteiger partial charge in [-0.2, -0.15) is 0 Å². The summed E-state index contributed by atoms with van der Waals surface area (Å²) in [5.41, 5.74) is 3.06. The number of rotatable bonds is 4. The van der Waals surface area contributed by atoms with Crippen molar-refractivity contribution in [2.45, 2.75) is 33.1 Å². The first-order chi connectivity index (χ1) is 6.26. The lowest BCUT2D eigenvalue weighted by molar-refractivity contribution is 0.504. The summed E-state index contributed by atoms with van der Waals surface area (Å²) in [4.78, 5) is 4.41. The molecule has 1 rings (SSSR count). The third-order valence-electron chi connectivity index (χ3n) is 2.76. The fraction of sp³-hybridized carbons (Fsp3) is 0.889. The van der Waals surface area contributed by atoms with E-state index >= 15 is 0 Å². The highest BCUT2D eigenvalue weighted by Crippen LogP contribution is 2.48. The van der Waals surface area contributed by atoms with Gasteiger partial charge in [-0.1, -0.05) is 6.92 Å². The van der Waals surface area contributed by atoms with E-state index in [4.69, 9.17) is 5.84 Å². The molecule has 13 heavy (non-hydrogen) atoms. The number of hydrogen-bond acceptors (Lipinski definition) is 2. The molecule has 0 heterocycles. The summed E-state index contributed by atoms with van der Waals surface area (Å²) in [6, 6.07) is 0. The average molecular weight is 184 g/mol. The van der Waals surface area contributed by atoms with E-state index < -0.39 is 0 Å². The highest BCUT2D eigenvalue weighted by molar-refractivity contribution is 5.79. The summed E-state index contributed by atoms with van der Waals surface area (Å²) >= 11 is 0. The number of guanidine groups is 1. The van der Waals surface area contributed by atoms with Crippen molar-refractivity contribution < 1.29 is 0 Å². The molecule has 1 saturated carbocycles. The molecule has 0 aromatic rings. The number of nitrogens with two attached hydrogens (primary N) is 1. The predicted octanol–water partition coefficient (Wildman–Crippen LogP) is 0.605. The smallest absolute Gasteiger partial charge is 0.205 e. The number of aliphatic imine (C=N–C) groups is 1. The minimum atomic E-state index is 0.498. The van der Waals surface area contributed by atoms with E-state index in [1.54, 1.807) is 0 Å². The zero-order chi connectivity index (χ0) is 9.73. The molecule has 0 aliphatic heterocycles. The van der Waals surface area contributed by atoms with Crippen molar-refractivity contribution in [2.24, 2.45) is 16.3 Å². The molecule has 4 nitrogen and oxygen atoms in total. The highest BCUT2D eigenvalue weighted by atomic mass is 15.3. The van der Waals surface area contributed by atoms with Gasteiger partial charge in [0, 0.05) is 13.1 Å². The first-order valence-electron chi connectivity index (χ1n) is 5.01. The standard InChI is InChI=1S/C9H20N4/c1-3-9(5-6-9)7-12-8(13-10)11-4-2/h3-7,10H2,1-2H3,(H2,11,12,13). The van der Waals surface area contributed by atoms with E-state index in [0.29, 0.717) is 11.4 Å². The van der Waals surface area contributed by atoms with Crippen LogP contribution in [-0.2, 0) is 0 Å². The monoisotopic (exact) mass is 184 g/mol. The second-order valence-corrected chi connectivity index (χ2v) is 3.69. The molecule has 0 bridgehead atoms. The van der Waals surface area contributed by atoms with Crippen LogP contribution in [0.2, 0.25) is 0 Å². The van der Waals surface area contributed by atoms with Gasteiger partial charge in [-0.25, -0.2) is 5.84 Å². The number of nitrogens with one attached hydrogen (secondary N) is 2. The number of hydrazine groups is 1. The van der Waals surface area contributed by atoms with Crippen LogP contribution in [-0.4, -0.2) is 19.0 Å². The van der Waals surface area contributed by atoms with Crippen LogP contribution in [0.15, 0.2) is 4.99 Å². The number of nitrogens with zero attached hydrogens (tertiary/aromatic N) is 1. The summed E-state index contributed by atoms with van der Waals surface area (Å²) in [6.07, 6.45) is 3.86. The Morgan fingerprint density at radius 1 is 1.46 bits per heavy atom. The van der Waals surface area contributed by atoms with Crippen LogP contribution >= 0.6 is 0 Å². The fourth-order valence-electron chi connectivity index (χ4n) is 1.37. The van der Waals surface area contributed by atoms with Crippen molar-refractivity contribution in [1.29, 1.82) is 0 Å². The molecule has 0 saturated heterocycles. The minimum Gasteiger partial charge on any atom is -0.356 e. The first-order valence-corrected chi connectivity index (χ1v) is 5.01. The molecule has 4 heteroatoms. The van der Waals surface area contributed by atoms with Gasteiger partial charge in [-0.15, -0.1) is 0 Å². The van der Waals surface area contributed by atoms with Gasteiger partial charge in [0.2, 0.25) is 5.96 Å². The van der Waals surface area contributed by atoms with Crippen molar-refractivity contribution in [1.82, 2.24) is 10.7 Å². The Labute approximate surface area is 80.0 Å². The van der Waals surface area contributed by atoms with Gasteiger partial charge in [-0.05, 0) is 31.6 Å². The average Bonchev–Trinajstić information content (AvgIpc) is 2.93. The Kier molecular flexibility index (Phi) is 3.54. The van der Waals surface area contributed by atoms with Gasteiger partial charge in [0.25, 0.3) is 0 Å². The second-order valence-electron chi connectivity index (χ2n) is 3.69. The second kappa shape index (κ2) is 4.46. The topological polar surface area (TPSA) is 62.4 Å². The summed E-state index contributed by atoms with van der Waals surface area (Å²) < 4.78 is 0. The van der Waals surface area contributed by atoms with Gasteiger partial charge in [0.05, 0.1) is 0 Å². The van der Waals surface area contributed by atoms with Crippen molar-refractivity contribution in [3.05, 3.63) is 0 Å². The third kappa shape index (κ3) is 2.88. The van der Waals surface area contributed by atoms with E-state index in [2.05, 4.69) is 22.7 Å². The minimum absolute atomic E-state index is 0.498. The summed E-state index contributed by atoms with van der Waals surface area (Å²) in [5.74, 6) is 6.02. The van der Waals surface area contributed by atoms with Gasteiger partial charge < -0.3 is 5.32 Å². The Morgan fingerprint density at radius 3 is 2.54 bits per heavy atom. The van der Waals surface area contributed by atoms with E-state index in [0.717, 1.165) is 13.1 Å². The summed E-state index contributed by atoms with van der Waals surface area (Å²) in [7, 11) is 0. The molecular weight excluding hydrogens is 164 g/mol. The van der Waals surface area contributed by atoms with Crippen molar-refractivity contribution in [3.8, 4) is 0 Å². The lowest BCUT2D eigenvalue weighted by Gasteiger charge is -2.11. The Bertz CT molecular complexity index is 184. The molecular formula is C9H20N4. The SMILES string of the molecule is CCNC(=NCC1(CC)CC1)NN. The van der Waals surface area contributed by atoms with E-state index in [1.165, 1.54) is 19.3 Å². The zero-order valence-corrected chi connectivity index (χ0v) is 8.56. The van der Waals surface area contributed by atoms with Gasteiger partial charge in [0.1, 0.15) is 0 Å². The Hall–Kier alpha value is -0.770. The molecule has 1 aliphatic carbocycles. The maximum atomic E-state index is 5.31. The fourth-order valence-corrected chi connectivity index (χ4v) is 1.37. The lowest BCUT2D eigenvalue weighted by Crippen LogP contribution is -2.41. The Morgan fingerprint density at radius 2 is 2.15 bits per heavy atom. The van der Waals surface area contributed by atoms with Crippen molar-refractivity contribution in [2.75, 3.05) is 13.1 Å². The molecule has 0 spiro atoms. The van der Waals surface area contributed by atoms with Crippen molar-refractivity contribution >= 4 is 5.96 Å². The maximum absolute atomic E-state index is 5.31. The largest absolute Gasteiger partial charge is 0.356 e. The van der Waals surface area contributed by atoms with E-state index in [1.807, 2.05) is 6.92 Å². The normalized spacial score (nSPS) is 19.8. The van der Waals surface area contributed by atoms with E-state index in [-0.39, 0.29) is 0 Å². The molecule has 76 valence electrons. The van der Waals surface area contributed by atoms with Crippen LogP contribution in [0, 0.1) is 5.41 Å². The summed E-state index contributed by atoms with van der Waals surface area (Å²) in [5, 5.41) is 3.07. The molecule has 0 aromatic heterocycles. The summed E-state index contributed by atoms with van der Waals surface area (Å²) in [6.45, 7) is 6.00. The molecule has 0 amide bonds. The molecule has 1 aliphatic rings. The van der Waals surface area contributed by atoms with Gasteiger partial charge in [-0.3, -0.25) is 10.4 Å². The van der Waals surface area contributed by atoms with Crippen LogP contribution in [0.3, 0.4) is 0 Å².